The second-order valence-corrected chi connectivity index (χ2v) is 4.39. The number of nitrogens with zero attached hydrogens (tertiary/aromatic N) is 2. The molecule has 0 atom stereocenters. The Hall–Kier alpha value is -2.44. The quantitative estimate of drug-likeness (QED) is 0.808. The van der Waals surface area contributed by atoms with Gasteiger partial charge in [0.2, 0.25) is 5.91 Å². The van der Waals surface area contributed by atoms with E-state index in [2.05, 4.69) is 5.32 Å². The number of fused-ring (bicyclic) bond motifs is 1. The number of halogens is 1. The van der Waals surface area contributed by atoms with Crippen LogP contribution >= 0.6 is 0 Å². The summed E-state index contributed by atoms with van der Waals surface area (Å²) in [5.41, 5.74) is 0.917. The molecule has 3 rings (SSSR count). The van der Waals surface area contributed by atoms with Crippen LogP contribution in [0.4, 0.5) is 9.18 Å². The van der Waals surface area contributed by atoms with E-state index in [-0.39, 0.29) is 31.0 Å². The van der Waals surface area contributed by atoms with Gasteiger partial charge in [-0.15, -0.1) is 0 Å². The summed E-state index contributed by atoms with van der Waals surface area (Å²) in [6, 6.07) is 3.33. The van der Waals surface area contributed by atoms with Crippen LogP contribution in [0.15, 0.2) is 18.2 Å². The van der Waals surface area contributed by atoms with E-state index in [9.17, 15) is 18.8 Å². The first-order valence-electron chi connectivity index (χ1n) is 5.78. The Kier molecular flexibility index (Phi) is 2.48. The molecule has 2 aliphatic rings. The molecular formula is C12H10FN3O3. The fourth-order valence-corrected chi connectivity index (χ4v) is 2.24. The number of carbonyl (C=O) groups excluding carboxylic acids is 3. The zero-order chi connectivity index (χ0) is 13.6. The van der Waals surface area contributed by atoms with Crippen molar-refractivity contribution in [1.82, 2.24) is 15.3 Å². The first-order chi connectivity index (χ1) is 9.06. The maximum Gasteiger partial charge on any atom is 0.342 e. The first kappa shape index (κ1) is 11.6. The zero-order valence-corrected chi connectivity index (χ0v) is 9.85. The first-order valence-corrected chi connectivity index (χ1v) is 5.78. The van der Waals surface area contributed by atoms with Gasteiger partial charge in [0.05, 0.1) is 13.1 Å². The highest BCUT2D eigenvalue weighted by atomic mass is 19.1. The average Bonchev–Trinajstić information content (AvgIpc) is 2.67. The Balaban J connectivity index is 1.88. The van der Waals surface area contributed by atoms with E-state index in [0.29, 0.717) is 5.56 Å². The number of amides is 4. The monoisotopic (exact) mass is 263 g/mol. The molecule has 6 nitrogen and oxygen atoms in total. The minimum absolute atomic E-state index is 0.139. The van der Waals surface area contributed by atoms with E-state index in [1.54, 1.807) is 0 Å². The lowest BCUT2D eigenvalue weighted by Gasteiger charge is -2.33. The fourth-order valence-electron chi connectivity index (χ4n) is 2.24. The third kappa shape index (κ3) is 1.83. The topological polar surface area (TPSA) is 69.7 Å². The van der Waals surface area contributed by atoms with Gasteiger partial charge in [0.1, 0.15) is 5.82 Å². The number of rotatable bonds is 1. The van der Waals surface area contributed by atoms with Crippen LogP contribution in [-0.2, 0) is 11.3 Å². The largest absolute Gasteiger partial charge is 0.342 e. The van der Waals surface area contributed by atoms with E-state index >= 15 is 0 Å². The Morgan fingerprint density at radius 3 is 2.68 bits per heavy atom. The molecule has 19 heavy (non-hydrogen) atoms. The summed E-state index contributed by atoms with van der Waals surface area (Å²) in [4.78, 5) is 34.9. The molecule has 1 aromatic rings. The molecule has 0 unspecified atom stereocenters. The molecule has 1 N–H and O–H groups in total. The van der Waals surface area contributed by atoms with Gasteiger partial charge in [-0.25, -0.2) is 19.2 Å². The van der Waals surface area contributed by atoms with Crippen LogP contribution in [0.25, 0.3) is 0 Å². The Labute approximate surface area is 107 Å². The maximum absolute atomic E-state index is 13.1. The molecule has 7 heteroatoms. The van der Waals surface area contributed by atoms with E-state index in [4.69, 9.17) is 0 Å². The number of urea groups is 1. The molecule has 2 heterocycles. The van der Waals surface area contributed by atoms with Gasteiger partial charge in [-0.1, -0.05) is 6.07 Å². The number of hydrogen-bond acceptors (Lipinski definition) is 3. The standard InChI is InChI=1S/C12H10FN3O3/c13-8-2-1-7-6-16(11(18)9(7)5-8)15-4-3-10(17)14-12(15)19/h1-2,5H,3-4,6H2,(H,14,17,19). The highest BCUT2D eigenvalue weighted by molar-refractivity contribution is 6.01. The second kappa shape index (κ2) is 4.04. The van der Waals surface area contributed by atoms with Gasteiger partial charge in [-0.3, -0.25) is 14.9 Å². The molecule has 0 aliphatic carbocycles. The summed E-state index contributed by atoms with van der Waals surface area (Å²) in [5, 5.41) is 4.56. The van der Waals surface area contributed by atoms with Crippen molar-refractivity contribution in [2.24, 2.45) is 0 Å². The number of hydrogen-bond donors (Lipinski definition) is 1. The van der Waals surface area contributed by atoms with Gasteiger partial charge >= 0.3 is 6.03 Å². The molecule has 1 saturated heterocycles. The molecular weight excluding hydrogens is 253 g/mol. The van der Waals surface area contributed by atoms with Gasteiger partial charge in [-0.05, 0) is 17.7 Å². The third-order valence-electron chi connectivity index (χ3n) is 3.18. The Bertz CT molecular complexity index is 602. The molecule has 1 fully saturated rings. The molecule has 1 aromatic carbocycles. The minimum Gasteiger partial charge on any atom is -0.276 e. The van der Waals surface area contributed by atoms with Gasteiger partial charge in [0.15, 0.2) is 0 Å². The predicted molar refractivity (Wildman–Crippen MR) is 61.1 cm³/mol. The van der Waals surface area contributed by atoms with Crippen LogP contribution in [0.2, 0.25) is 0 Å². The van der Waals surface area contributed by atoms with Crippen LogP contribution in [0.5, 0.6) is 0 Å². The third-order valence-corrected chi connectivity index (χ3v) is 3.18. The van der Waals surface area contributed by atoms with Crippen LogP contribution in [0.3, 0.4) is 0 Å². The van der Waals surface area contributed by atoms with Crippen molar-refractivity contribution >= 4 is 17.8 Å². The maximum atomic E-state index is 13.1. The van der Waals surface area contributed by atoms with Gasteiger partial charge in [0, 0.05) is 12.0 Å². The van der Waals surface area contributed by atoms with Gasteiger partial charge in [0.25, 0.3) is 5.91 Å². The van der Waals surface area contributed by atoms with Gasteiger partial charge in [-0.2, -0.15) is 0 Å². The average molecular weight is 263 g/mol. The molecule has 0 radical (unpaired) electrons. The normalized spacial score (nSPS) is 18.7. The summed E-state index contributed by atoms with van der Waals surface area (Å²) in [6.45, 7) is 0.350. The lowest BCUT2D eigenvalue weighted by molar-refractivity contribution is -0.123. The number of benzene rings is 1. The SMILES string of the molecule is O=C1CCN(N2Cc3ccc(F)cc3C2=O)C(=O)N1. The summed E-state index contributed by atoms with van der Waals surface area (Å²) in [5.74, 6) is -1.29. The molecule has 98 valence electrons. The smallest absolute Gasteiger partial charge is 0.276 e. The van der Waals surface area contributed by atoms with E-state index in [1.807, 2.05) is 0 Å². The summed E-state index contributed by atoms with van der Waals surface area (Å²) in [6.07, 6.45) is 0.139. The lowest BCUT2D eigenvalue weighted by atomic mass is 10.1. The highest BCUT2D eigenvalue weighted by Gasteiger charge is 2.36. The number of carbonyl (C=O) groups is 3. The predicted octanol–water partition coefficient (Wildman–Crippen LogP) is 0.638. The van der Waals surface area contributed by atoms with E-state index in [1.165, 1.54) is 22.2 Å². The van der Waals surface area contributed by atoms with Crippen molar-refractivity contribution in [2.75, 3.05) is 6.54 Å². The summed E-state index contributed by atoms with van der Waals surface area (Å²) < 4.78 is 13.1. The van der Waals surface area contributed by atoms with Crippen LogP contribution < -0.4 is 5.32 Å². The van der Waals surface area contributed by atoms with Gasteiger partial charge < -0.3 is 0 Å². The van der Waals surface area contributed by atoms with Crippen LogP contribution in [-0.4, -0.2) is 34.4 Å². The second-order valence-electron chi connectivity index (χ2n) is 4.39. The number of imide groups is 1. The van der Waals surface area contributed by atoms with Crippen molar-refractivity contribution in [3.05, 3.63) is 35.1 Å². The molecule has 4 amide bonds. The van der Waals surface area contributed by atoms with E-state index in [0.717, 1.165) is 6.07 Å². The van der Waals surface area contributed by atoms with E-state index < -0.39 is 17.8 Å². The van der Waals surface area contributed by atoms with Crippen molar-refractivity contribution in [2.45, 2.75) is 13.0 Å². The molecule has 0 saturated carbocycles. The highest BCUT2D eigenvalue weighted by Crippen LogP contribution is 2.25. The molecule has 0 bridgehead atoms. The van der Waals surface area contributed by atoms with Crippen LogP contribution in [0, 0.1) is 5.82 Å². The Morgan fingerprint density at radius 2 is 1.95 bits per heavy atom. The lowest BCUT2D eigenvalue weighted by Crippen LogP contribution is -2.56. The van der Waals surface area contributed by atoms with Crippen LogP contribution in [0.1, 0.15) is 22.3 Å². The van der Waals surface area contributed by atoms with Crippen molar-refractivity contribution in [1.29, 1.82) is 0 Å². The zero-order valence-electron chi connectivity index (χ0n) is 9.85. The number of hydrazine groups is 1. The van der Waals surface area contributed by atoms with Crippen molar-refractivity contribution in [3.63, 3.8) is 0 Å². The molecule has 2 aliphatic heterocycles. The van der Waals surface area contributed by atoms with Crippen molar-refractivity contribution in [3.8, 4) is 0 Å². The Morgan fingerprint density at radius 1 is 1.16 bits per heavy atom. The summed E-state index contributed by atoms with van der Waals surface area (Å²) in [7, 11) is 0. The van der Waals surface area contributed by atoms with Crippen molar-refractivity contribution < 1.29 is 18.8 Å². The molecule has 0 aromatic heterocycles. The fraction of sp³-hybridized carbons (Fsp3) is 0.250. The number of nitrogens with one attached hydrogen (secondary N) is 1. The summed E-state index contributed by atoms with van der Waals surface area (Å²) >= 11 is 0. The molecule has 0 spiro atoms. The minimum atomic E-state index is -0.627.